The first-order valence-corrected chi connectivity index (χ1v) is 6.08. The number of rotatable bonds is 3. The average Bonchev–Trinajstić information content (AvgIpc) is 2.17. The molecule has 1 saturated carbocycles. The molecule has 0 heterocycles. The quantitative estimate of drug-likeness (QED) is 0.296. The smallest absolute Gasteiger partial charge is 0.790 e. The van der Waals surface area contributed by atoms with E-state index in [-0.39, 0.29) is 65.5 Å². The van der Waals surface area contributed by atoms with E-state index in [4.69, 9.17) is 5.11 Å². The van der Waals surface area contributed by atoms with Crippen LogP contribution in [0.25, 0.3) is 0 Å². The molecule has 0 unspecified atom stereocenters. The van der Waals surface area contributed by atoms with Crippen molar-refractivity contribution in [2.24, 2.45) is 5.92 Å². The summed E-state index contributed by atoms with van der Waals surface area (Å²) in [6.45, 7) is -0.521. The first kappa shape index (κ1) is 22.2. The van der Waals surface area contributed by atoms with Crippen LogP contribution in [-0.2, 0) is 9.09 Å². The molecule has 0 bridgehead atoms. The summed E-state index contributed by atoms with van der Waals surface area (Å²) < 4.78 is 14.4. The minimum absolute atomic E-state index is 0. The fourth-order valence-corrected chi connectivity index (χ4v) is 2.27. The standard InChI is InChI=1S/C7H15O8P.2Na/c8-2-3-1-4(15-16(12,13)14)6(10)7(11)5(3)9;;/h3-11H,1-2H2,(H2,12,13,14);;/q;2*+1/p-2/t3-,4+,5-,6+,7+;;/m1../s1. The third-order valence-corrected chi connectivity index (χ3v) is 3.13. The molecule has 1 aliphatic rings. The molecule has 1 rings (SSSR count). The zero-order valence-corrected chi connectivity index (χ0v) is 15.1. The molecule has 0 spiro atoms. The monoisotopic (exact) mass is 302 g/mol. The average molecular weight is 302 g/mol. The van der Waals surface area contributed by atoms with Gasteiger partial charge in [0.25, 0.3) is 0 Å². The number of aliphatic hydroxyl groups is 4. The van der Waals surface area contributed by atoms with Gasteiger partial charge in [0, 0.05) is 12.5 Å². The van der Waals surface area contributed by atoms with E-state index in [1.165, 1.54) is 0 Å². The van der Waals surface area contributed by atoms with Gasteiger partial charge in [-0.3, -0.25) is 0 Å². The van der Waals surface area contributed by atoms with Gasteiger partial charge < -0.3 is 39.3 Å². The van der Waals surface area contributed by atoms with Crippen LogP contribution in [0.5, 0.6) is 0 Å². The van der Waals surface area contributed by atoms with Crippen LogP contribution in [0.2, 0.25) is 0 Å². The summed E-state index contributed by atoms with van der Waals surface area (Å²) in [5.74, 6) is -0.852. The maximum Gasteiger partial charge on any atom is 1.00 e. The Morgan fingerprint density at radius 2 is 1.61 bits per heavy atom. The van der Waals surface area contributed by atoms with Crippen molar-refractivity contribution in [3.8, 4) is 0 Å². The van der Waals surface area contributed by atoms with Gasteiger partial charge in [0.15, 0.2) is 0 Å². The predicted octanol–water partition coefficient (Wildman–Crippen LogP) is -9.70. The molecule has 8 nitrogen and oxygen atoms in total. The zero-order chi connectivity index (χ0) is 12.5. The Hall–Kier alpha value is 1.95. The van der Waals surface area contributed by atoms with E-state index < -0.39 is 44.8 Å². The van der Waals surface area contributed by atoms with E-state index in [0.717, 1.165) is 0 Å². The van der Waals surface area contributed by atoms with Crippen LogP contribution in [0.3, 0.4) is 0 Å². The summed E-state index contributed by atoms with van der Waals surface area (Å²) in [6, 6.07) is 0. The Morgan fingerprint density at radius 1 is 1.11 bits per heavy atom. The first-order valence-electron chi connectivity index (χ1n) is 4.61. The normalized spacial score (nSPS) is 36.4. The fourth-order valence-electron chi connectivity index (χ4n) is 1.73. The Balaban J connectivity index is 0. The summed E-state index contributed by atoms with van der Waals surface area (Å²) in [4.78, 5) is 20.7. The van der Waals surface area contributed by atoms with Gasteiger partial charge in [-0.25, -0.2) is 0 Å². The van der Waals surface area contributed by atoms with Crippen LogP contribution >= 0.6 is 7.82 Å². The van der Waals surface area contributed by atoms with Gasteiger partial charge in [0.2, 0.25) is 0 Å². The third kappa shape index (κ3) is 6.15. The molecule has 4 N–H and O–H groups in total. The Labute approximate surface area is 148 Å². The molecule has 0 aromatic heterocycles. The second-order valence-electron chi connectivity index (χ2n) is 3.74. The Morgan fingerprint density at radius 3 is 2.00 bits per heavy atom. The molecule has 0 aromatic carbocycles. The molecule has 0 saturated heterocycles. The number of hydrogen-bond donors (Lipinski definition) is 4. The van der Waals surface area contributed by atoms with Crippen LogP contribution in [0.15, 0.2) is 0 Å². The molecule has 96 valence electrons. The topological polar surface area (TPSA) is 153 Å². The number of phosphoric ester groups is 1. The van der Waals surface area contributed by atoms with E-state index in [1.54, 1.807) is 0 Å². The molecule has 1 aliphatic carbocycles. The van der Waals surface area contributed by atoms with Crippen molar-refractivity contribution in [2.45, 2.75) is 30.8 Å². The van der Waals surface area contributed by atoms with E-state index in [0.29, 0.717) is 0 Å². The molecular formula is C7H13Na2O8P. The molecule has 11 heteroatoms. The number of hydrogen-bond acceptors (Lipinski definition) is 8. The van der Waals surface area contributed by atoms with Gasteiger partial charge >= 0.3 is 59.1 Å². The number of aliphatic hydroxyl groups excluding tert-OH is 4. The second kappa shape index (κ2) is 9.07. The van der Waals surface area contributed by atoms with Crippen molar-refractivity contribution >= 4 is 7.82 Å². The fraction of sp³-hybridized carbons (Fsp3) is 1.00. The molecule has 18 heavy (non-hydrogen) atoms. The summed E-state index contributed by atoms with van der Waals surface area (Å²) in [6.07, 6.45) is -6.42. The summed E-state index contributed by atoms with van der Waals surface area (Å²) in [5, 5.41) is 36.9. The van der Waals surface area contributed by atoms with Gasteiger partial charge in [-0.1, -0.05) is 0 Å². The third-order valence-electron chi connectivity index (χ3n) is 2.60. The Kier molecular flexibility index (Phi) is 11.2. The van der Waals surface area contributed by atoms with Crippen LogP contribution in [-0.4, -0.2) is 51.4 Å². The molecule has 5 atom stereocenters. The molecule has 0 amide bonds. The van der Waals surface area contributed by atoms with Gasteiger partial charge in [0.05, 0.1) is 20.0 Å². The summed E-state index contributed by atoms with van der Waals surface area (Å²) in [7, 11) is -5.29. The molecule has 1 fully saturated rings. The SMILES string of the molecule is O=P([O-])([O-])O[C@H]1C[C@H](CO)[C@@H](O)[C@H](O)[C@H]1O.[Na+].[Na+]. The van der Waals surface area contributed by atoms with Crippen LogP contribution in [0.4, 0.5) is 0 Å². The summed E-state index contributed by atoms with van der Waals surface area (Å²) in [5.41, 5.74) is 0. The van der Waals surface area contributed by atoms with Gasteiger partial charge in [-0.05, 0) is 6.42 Å². The van der Waals surface area contributed by atoms with Crippen LogP contribution in [0.1, 0.15) is 6.42 Å². The van der Waals surface area contributed by atoms with Crippen molar-refractivity contribution in [2.75, 3.05) is 6.61 Å². The van der Waals surface area contributed by atoms with Gasteiger partial charge in [-0.2, -0.15) is 0 Å². The van der Waals surface area contributed by atoms with Crippen LogP contribution in [0, 0.1) is 5.92 Å². The van der Waals surface area contributed by atoms with Crippen molar-refractivity contribution in [3.05, 3.63) is 0 Å². The van der Waals surface area contributed by atoms with Crippen LogP contribution < -0.4 is 68.9 Å². The maximum atomic E-state index is 10.4. The zero-order valence-electron chi connectivity index (χ0n) is 10.2. The van der Waals surface area contributed by atoms with Gasteiger partial charge in [0.1, 0.15) is 12.2 Å². The van der Waals surface area contributed by atoms with E-state index in [9.17, 15) is 29.7 Å². The number of phosphoric acid groups is 1. The largest absolute Gasteiger partial charge is 1.00 e. The first-order chi connectivity index (χ1) is 7.26. The Bertz CT molecular complexity index is 285. The van der Waals surface area contributed by atoms with E-state index in [1.807, 2.05) is 0 Å². The minimum atomic E-state index is -5.29. The van der Waals surface area contributed by atoms with Crippen molar-refractivity contribution < 1.29 is 98.4 Å². The molecule has 0 aromatic rings. The van der Waals surface area contributed by atoms with Crippen molar-refractivity contribution in [1.82, 2.24) is 0 Å². The molecule has 0 radical (unpaired) electrons. The van der Waals surface area contributed by atoms with Crippen molar-refractivity contribution in [1.29, 1.82) is 0 Å². The second-order valence-corrected chi connectivity index (χ2v) is 4.85. The summed E-state index contributed by atoms with van der Waals surface area (Å²) >= 11 is 0. The molecular weight excluding hydrogens is 289 g/mol. The van der Waals surface area contributed by atoms with E-state index in [2.05, 4.69) is 4.52 Å². The van der Waals surface area contributed by atoms with Crippen molar-refractivity contribution in [3.63, 3.8) is 0 Å². The molecule has 0 aliphatic heterocycles. The van der Waals surface area contributed by atoms with E-state index >= 15 is 0 Å². The predicted molar refractivity (Wildman–Crippen MR) is 45.7 cm³/mol. The van der Waals surface area contributed by atoms with Gasteiger partial charge in [-0.15, -0.1) is 0 Å². The maximum absolute atomic E-state index is 10.4. The minimum Gasteiger partial charge on any atom is -0.790 e.